The smallest absolute Gasteiger partial charge is 0.165 e. The lowest BCUT2D eigenvalue weighted by Crippen LogP contribution is -1.97. The van der Waals surface area contributed by atoms with Crippen molar-refractivity contribution in [1.82, 2.24) is 0 Å². The van der Waals surface area contributed by atoms with Gasteiger partial charge in [-0.3, -0.25) is 0 Å². The first-order valence-corrected chi connectivity index (χ1v) is 4.22. The Bertz CT molecular complexity index is 235. The molecule has 0 atom stereocenters. The third kappa shape index (κ3) is 2.53. The molecule has 1 rings (SSSR count). The minimum atomic E-state index is -0.284. The van der Waals surface area contributed by atoms with E-state index < -0.39 is 0 Å². The maximum absolute atomic E-state index is 12.9. The van der Waals surface area contributed by atoms with Crippen molar-refractivity contribution >= 4 is 0 Å². The Morgan fingerprint density at radius 3 is 2.75 bits per heavy atom. The average molecular weight is 168 g/mol. The molecule has 12 heavy (non-hydrogen) atoms. The van der Waals surface area contributed by atoms with E-state index in [1.807, 2.05) is 0 Å². The second-order valence-electron chi connectivity index (χ2n) is 2.63. The molecule has 66 valence electrons. The van der Waals surface area contributed by atoms with Gasteiger partial charge in [0.05, 0.1) is 6.61 Å². The molecule has 0 radical (unpaired) electrons. The van der Waals surface area contributed by atoms with E-state index in [9.17, 15) is 4.39 Å². The highest BCUT2D eigenvalue weighted by atomic mass is 19.1. The number of rotatable bonds is 4. The molecule has 0 fully saturated rings. The highest BCUT2D eigenvalue weighted by Gasteiger charge is 1.99. The van der Waals surface area contributed by atoms with E-state index in [-0.39, 0.29) is 5.82 Å². The molecule has 2 heteroatoms. The number of halogens is 1. The van der Waals surface area contributed by atoms with E-state index in [0.29, 0.717) is 12.4 Å². The predicted octanol–water partition coefficient (Wildman–Crippen LogP) is 3.00. The van der Waals surface area contributed by atoms with E-state index in [0.717, 1.165) is 12.8 Å². The molecule has 0 unspecified atom stereocenters. The van der Waals surface area contributed by atoms with Crippen LogP contribution in [0.1, 0.15) is 19.8 Å². The van der Waals surface area contributed by atoms with Gasteiger partial charge in [-0.1, -0.05) is 25.5 Å². The molecule has 0 spiro atoms. The predicted molar refractivity (Wildman–Crippen MR) is 46.8 cm³/mol. The van der Waals surface area contributed by atoms with Gasteiger partial charge >= 0.3 is 0 Å². The van der Waals surface area contributed by atoms with Gasteiger partial charge < -0.3 is 4.74 Å². The van der Waals surface area contributed by atoms with Crippen LogP contribution in [0.4, 0.5) is 4.39 Å². The van der Waals surface area contributed by atoms with Crippen molar-refractivity contribution < 1.29 is 9.13 Å². The molecule has 0 saturated carbocycles. The van der Waals surface area contributed by atoms with Crippen LogP contribution in [0.2, 0.25) is 0 Å². The number of benzene rings is 1. The van der Waals surface area contributed by atoms with Crippen molar-refractivity contribution in [1.29, 1.82) is 0 Å². The van der Waals surface area contributed by atoms with E-state index in [4.69, 9.17) is 4.74 Å². The molecular formula is C10H13FO. The normalized spacial score (nSPS) is 9.83. The summed E-state index contributed by atoms with van der Waals surface area (Å²) < 4.78 is 18.1. The molecule has 1 aromatic carbocycles. The van der Waals surface area contributed by atoms with Gasteiger partial charge in [0.15, 0.2) is 11.6 Å². The zero-order valence-corrected chi connectivity index (χ0v) is 7.22. The van der Waals surface area contributed by atoms with Crippen molar-refractivity contribution in [3.8, 4) is 5.75 Å². The first-order valence-electron chi connectivity index (χ1n) is 4.22. The minimum Gasteiger partial charge on any atom is -0.491 e. The molecule has 0 aromatic heterocycles. The van der Waals surface area contributed by atoms with Crippen LogP contribution in [-0.4, -0.2) is 6.61 Å². The molecule has 0 aliphatic heterocycles. The quantitative estimate of drug-likeness (QED) is 0.628. The fraction of sp³-hybridized carbons (Fsp3) is 0.400. The summed E-state index contributed by atoms with van der Waals surface area (Å²) in [6, 6.07) is 6.47. The fourth-order valence-corrected chi connectivity index (χ4v) is 0.888. The summed E-state index contributed by atoms with van der Waals surface area (Å²) in [7, 11) is 0. The summed E-state index contributed by atoms with van der Waals surface area (Å²) in [5.41, 5.74) is 0. The number of para-hydroxylation sites is 1. The Labute approximate surface area is 72.2 Å². The molecule has 0 heterocycles. The van der Waals surface area contributed by atoms with Crippen LogP contribution in [0.15, 0.2) is 24.3 Å². The number of hydrogen-bond donors (Lipinski definition) is 0. The molecule has 0 aliphatic rings. The molecule has 0 saturated heterocycles. The van der Waals surface area contributed by atoms with E-state index >= 15 is 0 Å². The molecule has 0 aliphatic carbocycles. The summed E-state index contributed by atoms with van der Waals surface area (Å²) in [6.07, 6.45) is 2.03. The summed E-state index contributed by atoms with van der Waals surface area (Å²) in [5.74, 6) is 0.0690. The van der Waals surface area contributed by atoms with Crippen LogP contribution < -0.4 is 4.74 Å². The number of hydrogen-bond acceptors (Lipinski definition) is 1. The van der Waals surface area contributed by atoms with E-state index in [2.05, 4.69) is 6.92 Å². The topological polar surface area (TPSA) is 9.23 Å². The largest absolute Gasteiger partial charge is 0.491 e. The van der Waals surface area contributed by atoms with Gasteiger partial charge in [-0.25, -0.2) is 4.39 Å². The van der Waals surface area contributed by atoms with Crippen molar-refractivity contribution in [2.45, 2.75) is 19.8 Å². The van der Waals surface area contributed by atoms with Crippen LogP contribution in [0.3, 0.4) is 0 Å². The van der Waals surface area contributed by atoms with Crippen molar-refractivity contribution in [2.75, 3.05) is 6.61 Å². The summed E-state index contributed by atoms with van der Waals surface area (Å²) >= 11 is 0. The van der Waals surface area contributed by atoms with Gasteiger partial charge in [-0.2, -0.15) is 0 Å². The molecule has 1 aromatic rings. The van der Waals surface area contributed by atoms with E-state index in [1.165, 1.54) is 6.07 Å². The maximum Gasteiger partial charge on any atom is 0.165 e. The standard InChI is InChI=1S/C10H13FO/c1-2-3-8-12-10-7-5-4-6-9(10)11/h4-7H,2-3,8H2,1H3. The van der Waals surface area contributed by atoms with Gasteiger partial charge in [-0.15, -0.1) is 0 Å². The Balaban J connectivity index is 2.46. The van der Waals surface area contributed by atoms with Crippen LogP contribution in [-0.2, 0) is 0 Å². The Morgan fingerprint density at radius 1 is 1.33 bits per heavy atom. The third-order valence-electron chi connectivity index (χ3n) is 1.59. The van der Waals surface area contributed by atoms with Gasteiger partial charge in [-0.05, 0) is 18.6 Å². The van der Waals surface area contributed by atoms with Crippen molar-refractivity contribution in [2.24, 2.45) is 0 Å². The zero-order valence-electron chi connectivity index (χ0n) is 7.22. The third-order valence-corrected chi connectivity index (χ3v) is 1.59. The van der Waals surface area contributed by atoms with Gasteiger partial charge in [0.1, 0.15) is 0 Å². The van der Waals surface area contributed by atoms with Crippen LogP contribution in [0.25, 0.3) is 0 Å². The van der Waals surface area contributed by atoms with Crippen LogP contribution in [0, 0.1) is 5.82 Å². The molecular weight excluding hydrogens is 155 g/mol. The Morgan fingerprint density at radius 2 is 2.08 bits per heavy atom. The molecule has 1 nitrogen and oxygen atoms in total. The lowest BCUT2D eigenvalue weighted by atomic mass is 10.3. The molecule has 0 amide bonds. The summed E-state index contributed by atoms with van der Waals surface area (Å²) in [5, 5.41) is 0. The summed E-state index contributed by atoms with van der Waals surface area (Å²) in [4.78, 5) is 0. The van der Waals surface area contributed by atoms with Gasteiger partial charge in [0, 0.05) is 0 Å². The van der Waals surface area contributed by atoms with Crippen molar-refractivity contribution in [3.63, 3.8) is 0 Å². The van der Waals surface area contributed by atoms with Gasteiger partial charge in [0.25, 0.3) is 0 Å². The van der Waals surface area contributed by atoms with E-state index in [1.54, 1.807) is 18.2 Å². The SMILES string of the molecule is CCCCOc1ccccc1F. The highest BCUT2D eigenvalue weighted by Crippen LogP contribution is 2.15. The lowest BCUT2D eigenvalue weighted by Gasteiger charge is -2.04. The number of unbranched alkanes of at least 4 members (excludes halogenated alkanes) is 1. The maximum atomic E-state index is 12.9. The van der Waals surface area contributed by atoms with Crippen LogP contribution >= 0.6 is 0 Å². The zero-order chi connectivity index (χ0) is 8.81. The Hall–Kier alpha value is -1.05. The molecule has 0 bridgehead atoms. The Kier molecular flexibility index (Phi) is 3.58. The monoisotopic (exact) mass is 168 g/mol. The number of ether oxygens (including phenoxy) is 1. The first kappa shape index (κ1) is 9.04. The van der Waals surface area contributed by atoms with Gasteiger partial charge in [0.2, 0.25) is 0 Å². The molecule has 0 N–H and O–H groups in total. The fourth-order valence-electron chi connectivity index (χ4n) is 0.888. The second kappa shape index (κ2) is 4.75. The lowest BCUT2D eigenvalue weighted by molar-refractivity contribution is 0.294. The minimum absolute atomic E-state index is 0.284. The van der Waals surface area contributed by atoms with Crippen molar-refractivity contribution in [3.05, 3.63) is 30.1 Å². The highest BCUT2D eigenvalue weighted by molar-refractivity contribution is 5.23. The summed E-state index contributed by atoms with van der Waals surface area (Å²) in [6.45, 7) is 2.67. The average Bonchev–Trinajstić information content (AvgIpc) is 2.09. The second-order valence-corrected chi connectivity index (χ2v) is 2.63. The first-order chi connectivity index (χ1) is 5.84. The van der Waals surface area contributed by atoms with Crippen LogP contribution in [0.5, 0.6) is 5.75 Å².